The molecular weight excluding hydrogens is 294 g/mol. The number of benzene rings is 1. The molecule has 0 unspecified atom stereocenters. The van der Waals surface area contributed by atoms with Gasteiger partial charge in [0.1, 0.15) is 0 Å². The Bertz CT molecular complexity index is 288. The van der Waals surface area contributed by atoms with Gasteiger partial charge in [-0.2, -0.15) is 0 Å². The maximum absolute atomic E-state index is 3.44. The number of hydrogen-bond donors (Lipinski definition) is 1. The van der Waals surface area contributed by atoms with Crippen LogP contribution in [0, 0.1) is 0 Å². The standard InChI is InChI=1S/C10H11Br2N/c1-13-4-2-3-8-5-9(11)7-10(12)6-8/h2-3,5-7,13H,4H2,1H3. The summed E-state index contributed by atoms with van der Waals surface area (Å²) < 4.78 is 2.18. The number of rotatable bonds is 3. The SMILES string of the molecule is CNCC=Cc1cc(Br)cc(Br)c1. The zero-order valence-electron chi connectivity index (χ0n) is 7.35. The van der Waals surface area contributed by atoms with E-state index in [0.29, 0.717) is 0 Å². The highest BCUT2D eigenvalue weighted by molar-refractivity contribution is 9.11. The van der Waals surface area contributed by atoms with Gasteiger partial charge >= 0.3 is 0 Å². The summed E-state index contributed by atoms with van der Waals surface area (Å²) in [5, 5.41) is 3.06. The van der Waals surface area contributed by atoms with E-state index in [0.717, 1.165) is 15.5 Å². The third-order valence-corrected chi connectivity index (χ3v) is 2.43. The molecule has 0 aliphatic rings. The zero-order valence-corrected chi connectivity index (χ0v) is 10.5. The first-order chi connectivity index (χ1) is 6.22. The Labute approximate surface area is 95.5 Å². The van der Waals surface area contributed by atoms with Crippen LogP contribution in [0.1, 0.15) is 5.56 Å². The molecule has 0 aromatic heterocycles. The van der Waals surface area contributed by atoms with Gasteiger partial charge in [0.25, 0.3) is 0 Å². The minimum Gasteiger partial charge on any atom is -0.316 e. The summed E-state index contributed by atoms with van der Waals surface area (Å²) >= 11 is 6.88. The average Bonchev–Trinajstić information content (AvgIpc) is 2.03. The topological polar surface area (TPSA) is 12.0 Å². The molecule has 0 aliphatic carbocycles. The predicted octanol–water partition coefficient (Wildman–Crippen LogP) is 3.44. The van der Waals surface area contributed by atoms with Crippen LogP contribution in [0.4, 0.5) is 0 Å². The van der Waals surface area contributed by atoms with Crippen LogP contribution in [-0.4, -0.2) is 13.6 Å². The molecule has 0 saturated heterocycles. The normalized spacial score (nSPS) is 11.0. The Kier molecular flexibility index (Phi) is 4.70. The second kappa shape index (κ2) is 5.58. The van der Waals surface area contributed by atoms with Crippen LogP contribution < -0.4 is 5.32 Å². The van der Waals surface area contributed by atoms with Crippen molar-refractivity contribution >= 4 is 37.9 Å². The van der Waals surface area contributed by atoms with Gasteiger partial charge in [-0.25, -0.2) is 0 Å². The molecule has 0 bridgehead atoms. The van der Waals surface area contributed by atoms with Crippen molar-refractivity contribution in [3.05, 3.63) is 38.8 Å². The second-order valence-corrected chi connectivity index (χ2v) is 4.49. The van der Waals surface area contributed by atoms with Gasteiger partial charge in [-0.05, 0) is 30.8 Å². The number of halogens is 2. The molecule has 3 heteroatoms. The van der Waals surface area contributed by atoms with Crippen molar-refractivity contribution < 1.29 is 0 Å². The Morgan fingerprint density at radius 3 is 2.38 bits per heavy atom. The quantitative estimate of drug-likeness (QED) is 0.902. The lowest BCUT2D eigenvalue weighted by Crippen LogP contribution is -2.03. The summed E-state index contributed by atoms with van der Waals surface area (Å²) in [6.45, 7) is 0.893. The molecule has 1 aromatic carbocycles. The van der Waals surface area contributed by atoms with Gasteiger partial charge in [0.15, 0.2) is 0 Å². The molecule has 0 saturated carbocycles. The third kappa shape index (κ3) is 4.07. The number of hydrogen-bond acceptors (Lipinski definition) is 1. The van der Waals surface area contributed by atoms with E-state index in [9.17, 15) is 0 Å². The minimum atomic E-state index is 0.893. The molecule has 1 N–H and O–H groups in total. The van der Waals surface area contributed by atoms with Gasteiger partial charge in [-0.3, -0.25) is 0 Å². The van der Waals surface area contributed by atoms with E-state index in [4.69, 9.17) is 0 Å². The average molecular weight is 305 g/mol. The smallest absolute Gasteiger partial charge is 0.0192 e. The molecule has 1 rings (SSSR count). The van der Waals surface area contributed by atoms with Crippen molar-refractivity contribution in [1.82, 2.24) is 5.32 Å². The van der Waals surface area contributed by atoms with Crippen LogP contribution in [0.3, 0.4) is 0 Å². The molecule has 0 aliphatic heterocycles. The lowest BCUT2D eigenvalue weighted by Gasteiger charge is -1.97. The van der Waals surface area contributed by atoms with E-state index in [1.54, 1.807) is 0 Å². The predicted molar refractivity (Wildman–Crippen MR) is 64.8 cm³/mol. The van der Waals surface area contributed by atoms with E-state index < -0.39 is 0 Å². The Hall–Kier alpha value is -0.120. The van der Waals surface area contributed by atoms with Gasteiger partial charge in [-0.15, -0.1) is 0 Å². The minimum absolute atomic E-state index is 0.893. The van der Waals surface area contributed by atoms with Crippen LogP contribution in [0.15, 0.2) is 33.2 Å². The van der Waals surface area contributed by atoms with E-state index in [2.05, 4.69) is 61.5 Å². The zero-order chi connectivity index (χ0) is 9.68. The highest BCUT2D eigenvalue weighted by atomic mass is 79.9. The summed E-state index contributed by atoms with van der Waals surface area (Å²) in [7, 11) is 1.93. The maximum atomic E-state index is 3.44. The molecule has 13 heavy (non-hydrogen) atoms. The van der Waals surface area contributed by atoms with Crippen LogP contribution in [0.5, 0.6) is 0 Å². The van der Waals surface area contributed by atoms with E-state index >= 15 is 0 Å². The first-order valence-corrected chi connectivity index (χ1v) is 5.58. The lowest BCUT2D eigenvalue weighted by molar-refractivity contribution is 0.922. The summed E-state index contributed by atoms with van der Waals surface area (Å²) in [6, 6.07) is 6.18. The van der Waals surface area contributed by atoms with E-state index in [1.165, 1.54) is 5.56 Å². The molecule has 0 amide bonds. The number of likely N-dealkylation sites (N-methyl/N-ethyl adjacent to an activating group) is 1. The maximum Gasteiger partial charge on any atom is 0.0192 e. The summed E-state index contributed by atoms with van der Waals surface area (Å²) in [5.74, 6) is 0. The lowest BCUT2D eigenvalue weighted by atomic mass is 10.2. The van der Waals surface area contributed by atoms with Gasteiger partial charge in [0.2, 0.25) is 0 Å². The summed E-state index contributed by atoms with van der Waals surface area (Å²) in [4.78, 5) is 0. The van der Waals surface area contributed by atoms with Gasteiger partial charge in [0.05, 0.1) is 0 Å². The Morgan fingerprint density at radius 2 is 1.85 bits per heavy atom. The van der Waals surface area contributed by atoms with Crippen molar-refractivity contribution in [3.8, 4) is 0 Å². The van der Waals surface area contributed by atoms with Crippen molar-refractivity contribution in [2.45, 2.75) is 0 Å². The first-order valence-electron chi connectivity index (χ1n) is 3.99. The van der Waals surface area contributed by atoms with E-state index in [-0.39, 0.29) is 0 Å². The van der Waals surface area contributed by atoms with Crippen LogP contribution in [-0.2, 0) is 0 Å². The summed E-state index contributed by atoms with van der Waals surface area (Å²) in [5.41, 5.74) is 1.19. The molecule has 0 radical (unpaired) electrons. The molecule has 0 atom stereocenters. The Balaban J connectivity index is 2.77. The molecule has 0 heterocycles. The number of nitrogens with one attached hydrogen (secondary N) is 1. The third-order valence-electron chi connectivity index (χ3n) is 1.52. The van der Waals surface area contributed by atoms with Crippen LogP contribution in [0.2, 0.25) is 0 Å². The van der Waals surface area contributed by atoms with Crippen molar-refractivity contribution in [2.24, 2.45) is 0 Å². The fourth-order valence-electron chi connectivity index (χ4n) is 0.984. The molecule has 0 spiro atoms. The fourth-order valence-corrected chi connectivity index (χ4v) is 2.31. The highest BCUT2D eigenvalue weighted by Gasteiger charge is 1.93. The molecular formula is C10H11Br2N. The fraction of sp³-hybridized carbons (Fsp3) is 0.200. The van der Waals surface area contributed by atoms with Gasteiger partial charge in [0, 0.05) is 15.5 Å². The molecule has 1 nitrogen and oxygen atoms in total. The highest BCUT2D eigenvalue weighted by Crippen LogP contribution is 2.20. The van der Waals surface area contributed by atoms with Gasteiger partial charge in [-0.1, -0.05) is 44.0 Å². The van der Waals surface area contributed by atoms with Crippen molar-refractivity contribution in [2.75, 3.05) is 13.6 Å². The van der Waals surface area contributed by atoms with Crippen molar-refractivity contribution in [1.29, 1.82) is 0 Å². The van der Waals surface area contributed by atoms with Crippen LogP contribution in [0.25, 0.3) is 6.08 Å². The van der Waals surface area contributed by atoms with Crippen LogP contribution >= 0.6 is 31.9 Å². The summed E-state index contributed by atoms with van der Waals surface area (Å²) in [6.07, 6.45) is 4.18. The second-order valence-electron chi connectivity index (χ2n) is 2.66. The Morgan fingerprint density at radius 1 is 1.23 bits per heavy atom. The van der Waals surface area contributed by atoms with Gasteiger partial charge < -0.3 is 5.32 Å². The molecule has 0 fully saturated rings. The van der Waals surface area contributed by atoms with E-state index in [1.807, 2.05) is 13.1 Å². The monoisotopic (exact) mass is 303 g/mol. The largest absolute Gasteiger partial charge is 0.316 e. The molecule has 1 aromatic rings. The molecule has 70 valence electrons. The van der Waals surface area contributed by atoms with Crippen molar-refractivity contribution in [3.63, 3.8) is 0 Å². The first kappa shape index (κ1) is 11.0.